The fraction of sp³-hybridized carbons (Fsp3) is 0.442. The van der Waals surface area contributed by atoms with Gasteiger partial charge in [-0.2, -0.15) is 11.8 Å². The average Bonchev–Trinajstić information content (AvgIpc) is 3.17. The Morgan fingerprint density at radius 3 is 2.23 bits per heavy atom. The number of carboxylic acids is 1. The maximum Gasteiger partial charge on any atom is 0.410 e. The van der Waals surface area contributed by atoms with Crippen LogP contribution >= 0.6 is 11.8 Å². The summed E-state index contributed by atoms with van der Waals surface area (Å²) in [5, 5.41) is 18.3. The van der Waals surface area contributed by atoms with Gasteiger partial charge in [-0.3, -0.25) is 24.1 Å². The molecule has 5 amide bonds. The highest BCUT2D eigenvalue weighted by atomic mass is 32.2. The molecule has 3 aromatic carbocycles. The molecular formula is C43H53N5O8S. The van der Waals surface area contributed by atoms with Crippen molar-refractivity contribution in [2.24, 2.45) is 0 Å². The molecule has 1 aliphatic heterocycles. The van der Waals surface area contributed by atoms with Gasteiger partial charge in [0.25, 0.3) is 5.91 Å². The van der Waals surface area contributed by atoms with Crippen LogP contribution in [0.1, 0.15) is 103 Å². The molecule has 0 radical (unpaired) electrons. The number of carbonyl (C=O) groups is 6. The Kier molecular flexibility index (Phi) is 13.1. The molecule has 0 saturated heterocycles. The van der Waals surface area contributed by atoms with E-state index in [9.17, 15) is 33.9 Å². The van der Waals surface area contributed by atoms with Crippen molar-refractivity contribution >= 4 is 53.1 Å². The molecule has 3 aromatic rings. The summed E-state index contributed by atoms with van der Waals surface area (Å²) in [7, 11) is 1.46. The first-order valence-corrected chi connectivity index (χ1v) is 20.3. The van der Waals surface area contributed by atoms with Crippen LogP contribution in [0.5, 0.6) is 0 Å². The number of rotatable bonds is 11. The molecule has 57 heavy (non-hydrogen) atoms. The Labute approximate surface area is 338 Å². The Balaban J connectivity index is 1.46. The Morgan fingerprint density at radius 1 is 0.912 bits per heavy atom. The number of aromatic carboxylic acids is 1. The summed E-state index contributed by atoms with van der Waals surface area (Å²) in [6, 6.07) is 15.7. The third kappa shape index (κ3) is 10.1. The molecule has 2 aliphatic rings. The van der Waals surface area contributed by atoms with Crippen molar-refractivity contribution in [2.75, 3.05) is 18.6 Å². The molecule has 14 heteroatoms. The number of carboxylic acid groups (broad SMARTS) is 1. The summed E-state index contributed by atoms with van der Waals surface area (Å²) in [6.07, 6.45) is 3.91. The van der Waals surface area contributed by atoms with E-state index in [2.05, 4.69) is 22.0 Å². The van der Waals surface area contributed by atoms with Crippen molar-refractivity contribution in [3.8, 4) is 0 Å². The van der Waals surface area contributed by atoms with Crippen LogP contribution in [0.25, 0.3) is 0 Å². The first-order valence-electron chi connectivity index (χ1n) is 19.1. The van der Waals surface area contributed by atoms with E-state index in [-0.39, 0.29) is 36.0 Å². The fourth-order valence-electron chi connectivity index (χ4n) is 7.01. The van der Waals surface area contributed by atoms with Gasteiger partial charge in [-0.05, 0) is 126 Å². The number of benzene rings is 3. The van der Waals surface area contributed by atoms with E-state index in [0.29, 0.717) is 11.3 Å². The third-order valence-corrected chi connectivity index (χ3v) is 11.9. The van der Waals surface area contributed by atoms with Crippen LogP contribution < -0.4 is 16.0 Å². The maximum atomic E-state index is 15.0. The lowest BCUT2D eigenvalue weighted by Gasteiger charge is -2.42. The second kappa shape index (κ2) is 17.4. The lowest BCUT2D eigenvalue weighted by molar-refractivity contribution is -0.145. The molecule has 5 rings (SSSR count). The summed E-state index contributed by atoms with van der Waals surface area (Å²) >= 11 is 1.38. The fourth-order valence-corrected chi connectivity index (χ4v) is 7.41. The largest absolute Gasteiger partial charge is 0.478 e. The Morgan fingerprint density at radius 2 is 1.58 bits per heavy atom. The Bertz CT molecular complexity index is 2030. The van der Waals surface area contributed by atoms with Crippen molar-refractivity contribution in [1.82, 2.24) is 20.4 Å². The van der Waals surface area contributed by atoms with E-state index in [4.69, 9.17) is 4.74 Å². The van der Waals surface area contributed by atoms with E-state index in [0.717, 1.165) is 30.4 Å². The number of hydrogen-bond acceptors (Lipinski definition) is 8. The molecule has 4 N–H and O–H groups in total. The van der Waals surface area contributed by atoms with E-state index < -0.39 is 58.3 Å². The highest BCUT2D eigenvalue weighted by molar-refractivity contribution is 8.00. The van der Waals surface area contributed by atoms with Gasteiger partial charge in [-0.1, -0.05) is 30.3 Å². The first-order chi connectivity index (χ1) is 26.8. The highest BCUT2D eigenvalue weighted by Gasteiger charge is 2.45. The molecule has 0 saturated carbocycles. The summed E-state index contributed by atoms with van der Waals surface area (Å²) in [4.78, 5) is 83.3. The van der Waals surface area contributed by atoms with Crippen molar-refractivity contribution in [1.29, 1.82) is 0 Å². The molecule has 13 nitrogen and oxygen atoms in total. The molecule has 0 fully saturated rings. The maximum absolute atomic E-state index is 15.0. The van der Waals surface area contributed by atoms with Crippen molar-refractivity contribution in [3.63, 3.8) is 0 Å². The van der Waals surface area contributed by atoms with Crippen LogP contribution in [0.4, 0.5) is 10.5 Å². The predicted octanol–water partition coefficient (Wildman–Crippen LogP) is 5.97. The SMILES string of the molecule is CSC(C)(C)C(NC(=O)[C@H](C)N(C)C(=O)OC(C)(C)C)C(=O)N1Cc2cc(NC(=O)c3ccc(C(=O)O)cc3)ccc2CC1C(=O)NC1CCCc2ccccc21. The zero-order valence-corrected chi connectivity index (χ0v) is 34.6. The van der Waals surface area contributed by atoms with Gasteiger partial charge in [-0.15, -0.1) is 0 Å². The number of aryl methyl sites for hydroxylation is 1. The van der Waals surface area contributed by atoms with Gasteiger partial charge in [0.2, 0.25) is 17.7 Å². The summed E-state index contributed by atoms with van der Waals surface area (Å²) in [5.41, 5.74) is 3.75. The zero-order valence-electron chi connectivity index (χ0n) is 33.8. The highest BCUT2D eigenvalue weighted by Crippen LogP contribution is 2.34. The van der Waals surface area contributed by atoms with E-state index in [1.165, 1.54) is 58.4 Å². The number of nitrogens with zero attached hydrogens (tertiary/aromatic N) is 2. The van der Waals surface area contributed by atoms with Crippen LogP contribution in [0.2, 0.25) is 0 Å². The average molecular weight is 800 g/mol. The number of carbonyl (C=O) groups excluding carboxylic acids is 5. The molecule has 1 heterocycles. The minimum Gasteiger partial charge on any atom is -0.478 e. The van der Waals surface area contributed by atoms with E-state index in [1.54, 1.807) is 39.8 Å². The molecule has 0 bridgehead atoms. The minimum absolute atomic E-state index is 0.00865. The van der Waals surface area contributed by atoms with Crippen LogP contribution in [0, 0.1) is 0 Å². The van der Waals surface area contributed by atoms with Crippen LogP contribution in [-0.4, -0.2) is 92.4 Å². The standard InChI is InChI=1S/C43H53N5O8S/c1-25(47(7)41(55)56-42(2,3)4)36(49)46-35(43(5,6)57-8)39(52)48-24-30-22-31(44-37(50)27-16-18-28(19-17-27)40(53)54)21-20-29(30)23-34(48)38(51)45-33-15-11-13-26-12-9-10-14-32(26)33/h9-10,12,14,16-22,25,33-35H,11,13,15,23-24H2,1-8H3,(H,44,50)(H,45,51)(H,46,49)(H,53,54)/t25-,33?,34?,35?/m0/s1. The number of hydrogen-bond donors (Lipinski definition) is 4. The van der Waals surface area contributed by atoms with Crippen LogP contribution in [-0.2, 0) is 38.5 Å². The second-order valence-corrected chi connectivity index (χ2v) is 17.6. The lowest BCUT2D eigenvalue weighted by atomic mass is 9.87. The first kappa shape index (κ1) is 42.8. The van der Waals surface area contributed by atoms with Gasteiger partial charge in [0.15, 0.2) is 0 Å². The second-order valence-electron chi connectivity index (χ2n) is 16.2. The van der Waals surface area contributed by atoms with Gasteiger partial charge in [0.05, 0.1) is 11.6 Å². The number of amides is 5. The topological polar surface area (TPSA) is 174 Å². The normalized spacial score (nSPS) is 17.5. The molecule has 3 unspecified atom stereocenters. The summed E-state index contributed by atoms with van der Waals surface area (Å²) < 4.78 is 4.62. The molecule has 304 valence electrons. The Hall–Kier alpha value is -5.37. The quantitative estimate of drug-likeness (QED) is 0.182. The molecule has 4 atom stereocenters. The smallest absolute Gasteiger partial charge is 0.410 e. The molecular weight excluding hydrogens is 747 g/mol. The molecule has 0 spiro atoms. The van der Waals surface area contributed by atoms with Crippen molar-refractivity contribution in [3.05, 3.63) is 100 Å². The predicted molar refractivity (Wildman–Crippen MR) is 219 cm³/mol. The zero-order chi connectivity index (χ0) is 41.8. The summed E-state index contributed by atoms with van der Waals surface area (Å²) in [6.45, 7) is 10.4. The van der Waals surface area contributed by atoms with Gasteiger partial charge in [-0.25, -0.2) is 9.59 Å². The lowest BCUT2D eigenvalue weighted by Crippen LogP contribution is -2.63. The van der Waals surface area contributed by atoms with Gasteiger partial charge in [0, 0.05) is 36.0 Å². The monoisotopic (exact) mass is 799 g/mol. The van der Waals surface area contributed by atoms with E-state index in [1.807, 2.05) is 44.4 Å². The van der Waals surface area contributed by atoms with Crippen LogP contribution in [0.15, 0.2) is 66.7 Å². The number of thioether (sulfide) groups is 1. The van der Waals surface area contributed by atoms with Crippen molar-refractivity contribution < 1.29 is 38.6 Å². The minimum atomic E-state index is -1.11. The van der Waals surface area contributed by atoms with Crippen molar-refractivity contribution in [2.45, 2.75) is 108 Å². The van der Waals surface area contributed by atoms with Gasteiger partial charge < -0.3 is 30.7 Å². The third-order valence-electron chi connectivity index (χ3n) is 10.7. The molecule has 1 aliphatic carbocycles. The number of likely N-dealkylation sites (N-methyl/N-ethyl adjacent to an activating group) is 1. The van der Waals surface area contributed by atoms with Gasteiger partial charge in [0.1, 0.15) is 23.7 Å². The van der Waals surface area contributed by atoms with E-state index >= 15 is 0 Å². The number of fused-ring (bicyclic) bond motifs is 2. The number of anilines is 1. The molecule has 0 aromatic heterocycles. The number of ether oxygens (including phenoxy) is 1. The summed E-state index contributed by atoms with van der Waals surface area (Å²) in [5.74, 6) is -2.91. The van der Waals surface area contributed by atoms with Gasteiger partial charge >= 0.3 is 12.1 Å². The number of nitrogens with one attached hydrogen (secondary N) is 3. The van der Waals surface area contributed by atoms with Crippen LogP contribution in [0.3, 0.4) is 0 Å².